The third kappa shape index (κ3) is 0.851. The lowest BCUT2D eigenvalue weighted by Gasteiger charge is -2.00. The predicted molar refractivity (Wildman–Crippen MR) is 40.5 cm³/mol. The number of hydrogen-bond donors (Lipinski definition) is 2. The molecule has 0 saturated heterocycles. The first-order chi connectivity index (χ1) is 5.29. The van der Waals surface area contributed by atoms with Gasteiger partial charge in [-0.3, -0.25) is 0 Å². The van der Waals surface area contributed by atoms with Gasteiger partial charge < -0.3 is 15.6 Å². The molecular formula is C8H9NO2. The van der Waals surface area contributed by atoms with Crippen LogP contribution in [0.5, 0.6) is 11.5 Å². The predicted octanol–water partition coefficient (Wildman–Crippen LogP) is 0.784. The molecule has 0 radical (unpaired) electrons. The molecule has 3 nitrogen and oxygen atoms in total. The zero-order valence-electron chi connectivity index (χ0n) is 5.95. The standard InChI is InChI=1S/C8H9NO2/c9-6-4-11-8-5(6)2-1-3-7(8)10/h1-3,6,10H,4,9H2/t6-/m1/s1. The van der Waals surface area contributed by atoms with Gasteiger partial charge in [-0.05, 0) is 6.07 Å². The van der Waals surface area contributed by atoms with E-state index in [-0.39, 0.29) is 11.8 Å². The molecule has 3 heteroatoms. The molecule has 0 aliphatic carbocycles. The van der Waals surface area contributed by atoms with Crippen LogP contribution in [0.25, 0.3) is 0 Å². The topological polar surface area (TPSA) is 55.5 Å². The second-order valence-corrected chi connectivity index (χ2v) is 2.61. The van der Waals surface area contributed by atoms with E-state index >= 15 is 0 Å². The molecule has 0 amide bonds. The summed E-state index contributed by atoms with van der Waals surface area (Å²) in [4.78, 5) is 0. The van der Waals surface area contributed by atoms with Crippen LogP contribution in [0, 0.1) is 0 Å². The van der Waals surface area contributed by atoms with Gasteiger partial charge in [0.2, 0.25) is 0 Å². The molecule has 0 unspecified atom stereocenters. The van der Waals surface area contributed by atoms with Crippen molar-refractivity contribution in [3.63, 3.8) is 0 Å². The van der Waals surface area contributed by atoms with Gasteiger partial charge in [0.05, 0.1) is 6.04 Å². The highest BCUT2D eigenvalue weighted by Gasteiger charge is 2.22. The lowest BCUT2D eigenvalue weighted by atomic mass is 10.1. The molecule has 3 N–H and O–H groups in total. The molecule has 1 aromatic rings. The van der Waals surface area contributed by atoms with Crippen LogP contribution in [0.3, 0.4) is 0 Å². The van der Waals surface area contributed by atoms with E-state index in [0.29, 0.717) is 12.4 Å². The Balaban J connectivity index is 2.57. The van der Waals surface area contributed by atoms with Crippen molar-refractivity contribution in [2.24, 2.45) is 5.73 Å². The Bertz CT molecular complexity index is 285. The molecule has 0 fully saturated rings. The maximum absolute atomic E-state index is 9.27. The number of para-hydroxylation sites is 1. The number of nitrogens with two attached hydrogens (primary N) is 1. The fourth-order valence-corrected chi connectivity index (χ4v) is 1.25. The molecule has 0 aromatic heterocycles. The monoisotopic (exact) mass is 151 g/mol. The van der Waals surface area contributed by atoms with Gasteiger partial charge in [-0.2, -0.15) is 0 Å². The van der Waals surface area contributed by atoms with Crippen molar-refractivity contribution in [2.75, 3.05) is 6.61 Å². The van der Waals surface area contributed by atoms with E-state index in [1.54, 1.807) is 12.1 Å². The molecule has 1 aliphatic rings. The highest BCUT2D eigenvalue weighted by molar-refractivity contribution is 5.49. The smallest absolute Gasteiger partial charge is 0.165 e. The van der Waals surface area contributed by atoms with Crippen molar-refractivity contribution in [1.29, 1.82) is 0 Å². The van der Waals surface area contributed by atoms with Crippen molar-refractivity contribution in [3.8, 4) is 11.5 Å². The Morgan fingerprint density at radius 2 is 2.36 bits per heavy atom. The highest BCUT2D eigenvalue weighted by Crippen LogP contribution is 2.37. The summed E-state index contributed by atoms with van der Waals surface area (Å²) in [6.07, 6.45) is 0. The van der Waals surface area contributed by atoms with Crippen LogP contribution in [-0.4, -0.2) is 11.7 Å². The van der Waals surface area contributed by atoms with Gasteiger partial charge >= 0.3 is 0 Å². The van der Waals surface area contributed by atoms with Crippen molar-refractivity contribution in [2.45, 2.75) is 6.04 Å². The van der Waals surface area contributed by atoms with Crippen molar-refractivity contribution in [1.82, 2.24) is 0 Å². The SMILES string of the molecule is N[C@@H]1COc2c(O)cccc21. The highest BCUT2D eigenvalue weighted by atomic mass is 16.5. The minimum atomic E-state index is -0.0860. The number of phenolic OH excluding ortho intramolecular Hbond substituents is 1. The van der Waals surface area contributed by atoms with Gasteiger partial charge in [-0.15, -0.1) is 0 Å². The third-order valence-corrected chi connectivity index (χ3v) is 1.83. The largest absolute Gasteiger partial charge is 0.504 e. The first kappa shape index (κ1) is 6.49. The van der Waals surface area contributed by atoms with Crippen molar-refractivity contribution < 1.29 is 9.84 Å². The van der Waals surface area contributed by atoms with Gasteiger partial charge in [0, 0.05) is 5.56 Å². The summed E-state index contributed by atoms with van der Waals surface area (Å²) in [6.45, 7) is 0.465. The number of aromatic hydroxyl groups is 1. The number of phenols is 1. The molecule has 11 heavy (non-hydrogen) atoms. The summed E-state index contributed by atoms with van der Waals surface area (Å²) in [5, 5.41) is 9.27. The fourth-order valence-electron chi connectivity index (χ4n) is 1.25. The second-order valence-electron chi connectivity index (χ2n) is 2.61. The van der Waals surface area contributed by atoms with Gasteiger partial charge in [0.15, 0.2) is 11.5 Å². The van der Waals surface area contributed by atoms with Gasteiger partial charge in [-0.25, -0.2) is 0 Å². The molecule has 2 rings (SSSR count). The number of benzene rings is 1. The first-order valence-corrected chi connectivity index (χ1v) is 3.49. The average molecular weight is 151 g/mol. The number of hydrogen-bond acceptors (Lipinski definition) is 3. The second kappa shape index (κ2) is 2.13. The summed E-state index contributed by atoms with van der Waals surface area (Å²) in [6, 6.07) is 5.14. The third-order valence-electron chi connectivity index (χ3n) is 1.83. The van der Waals surface area contributed by atoms with Crippen LogP contribution in [0.1, 0.15) is 11.6 Å². The van der Waals surface area contributed by atoms with Crippen molar-refractivity contribution >= 4 is 0 Å². The number of ether oxygens (including phenoxy) is 1. The minimum Gasteiger partial charge on any atom is -0.504 e. The van der Waals surface area contributed by atoms with Crippen LogP contribution in [0.15, 0.2) is 18.2 Å². The summed E-state index contributed by atoms with van der Waals surface area (Å²) in [5.74, 6) is 0.718. The molecule has 58 valence electrons. The van der Waals surface area contributed by atoms with Crippen LogP contribution in [0.2, 0.25) is 0 Å². The van der Waals surface area contributed by atoms with E-state index in [1.807, 2.05) is 6.07 Å². The van der Waals surface area contributed by atoms with Crippen molar-refractivity contribution in [3.05, 3.63) is 23.8 Å². The van der Waals surface area contributed by atoms with E-state index in [0.717, 1.165) is 5.56 Å². The zero-order valence-corrected chi connectivity index (χ0v) is 5.95. The van der Waals surface area contributed by atoms with Gasteiger partial charge in [-0.1, -0.05) is 12.1 Å². The summed E-state index contributed by atoms with van der Waals surface area (Å²) in [7, 11) is 0. The molecule has 1 aliphatic heterocycles. The lowest BCUT2D eigenvalue weighted by molar-refractivity contribution is 0.317. The molecule has 1 atom stereocenters. The zero-order chi connectivity index (χ0) is 7.84. The Labute approximate surface area is 64.4 Å². The summed E-state index contributed by atoms with van der Waals surface area (Å²) >= 11 is 0. The first-order valence-electron chi connectivity index (χ1n) is 3.49. The normalized spacial score (nSPS) is 21.0. The lowest BCUT2D eigenvalue weighted by Crippen LogP contribution is -2.10. The van der Waals surface area contributed by atoms with E-state index < -0.39 is 0 Å². The van der Waals surface area contributed by atoms with Crippen LogP contribution in [0.4, 0.5) is 0 Å². The maximum Gasteiger partial charge on any atom is 0.165 e. The van der Waals surface area contributed by atoms with E-state index in [2.05, 4.69) is 0 Å². The van der Waals surface area contributed by atoms with E-state index in [1.165, 1.54) is 0 Å². The Hall–Kier alpha value is -1.22. The number of rotatable bonds is 0. The summed E-state index contributed by atoms with van der Waals surface area (Å²) in [5.41, 5.74) is 6.57. The Kier molecular flexibility index (Phi) is 1.26. The van der Waals surface area contributed by atoms with E-state index in [4.69, 9.17) is 10.5 Å². The summed E-state index contributed by atoms with van der Waals surface area (Å²) < 4.78 is 5.17. The Morgan fingerprint density at radius 3 is 3.09 bits per heavy atom. The van der Waals surface area contributed by atoms with Gasteiger partial charge in [0.1, 0.15) is 6.61 Å². The van der Waals surface area contributed by atoms with E-state index in [9.17, 15) is 5.11 Å². The molecule has 0 spiro atoms. The van der Waals surface area contributed by atoms with Gasteiger partial charge in [0.25, 0.3) is 0 Å². The molecule has 0 saturated carbocycles. The molecule has 0 bridgehead atoms. The molecule has 1 heterocycles. The van der Waals surface area contributed by atoms with Crippen LogP contribution < -0.4 is 10.5 Å². The number of fused-ring (bicyclic) bond motifs is 1. The minimum absolute atomic E-state index is 0.0860. The average Bonchev–Trinajstić information content (AvgIpc) is 2.35. The fraction of sp³-hybridized carbons (Fsp3) is 0.250. The quantitative estimate of drug-likeness (QED) is 0.576. The van der Waals surface area contributed by atoms with Crippen LogP contribution in [-0.2, 0) is 0 Å². The maximum atomic E-state index is 9.27. The Morgan fingerprint density at radius 1 is 1.55 bits per heavy atom. The molecule has 1 aromatic carbocycles. The van der Waals surface area contributed by atoms with Crippen LogP contribution >= 0.6 is 0 Å². The molecular weight excluding hydrogens is 142 g/mol.